The van der Waals surface area contributed by atoms with E-state index in [1.807, 2.05) is 0 Å². The van der Waals surface area contributed by atoms with E-state index in [0.29, 0.717) is 0 Å². The highest BCUT2D eigenvalue weighted by atomic mass is 14.2. The van der Waals surface area contributed by atoms with Crippen LogP contribution in [0.25, 0.3) is 88.0 Å². The SMILES string of the molecule is CCCCCc1ccc(-c2c3ccccc3c(-c3ccc4cc(-c5cc(-c6ccccc6)cc(-c6ccccc6)c5)ccc4c3)c3cc(C(C)(C)C)ccc23)cc1. The van der Waals surface area contributed by atoms with Crippen LogP contribution in [0, 0.1) is 0 Å². The van der Waals surface area contributed by atoms with Crippen molar-refractivity contribution in [3.05, 3.63) is 193 Å². The van der Waals surface area contributed by atoms with Crippen LogP contribution in [-0.2, 0) is 11.8 Å². The Morgan fingerprint density at radius 2 is 0.842 bits per heavy atom. The van der Waals surface area contributed by atoms with Crippen molar-refractivity contribution in [2.24, 2.45) is 0 Å². The van der Waals surface area contributed by atoms with Crippen molar-refractivity contribution in [2.45, 2.75) is 58.8 Å². The van der Waals surface area contributed by atoms with E-state index in [9.17, 15) is 0 Å². The summed E-state index contributed by atoms with van der Waals surface area (Å²) in [6.45, 7) is 9.23. The Labute approximate surface area is 338 Å². The molecule has 278 valence electrons. The van der Waals surface area contributed by atoms with E-state index in [-0.39, 0.29) is 5.41 Å². The van der Waals surface area contributed by atoms with E-state index in [2.05, 4.69) is 210 Å². The Balaban J connectivity index is 1.19. The van der Waals surface area contributed by atoms with Crippen LogP contribution in [-0.4, -0.2) is 0 Å². The number of benzene rings is 9. The Hall–Kier alpha value is -6.24. The fraction of sp³-hybridized carbons (Fsp3) is 0.158. The maximum atomic E-state index is 2.47. The van der Waals surface area contributed by atoms with E-state index < -0.39 is 0 Å². The molecule has 0 aliphatic carbocycles. The lowest BCUT2D eigenvalue weighted by Gasteiger charge is -2.23. The third-order valence-electron chi connectivity index (χ3n) is 11.8. The first-order chi connectivity index (χ1) is 27.8. The minimum absolute atomic E-state index is 0.0232. The summed E-state index contributed by atoms with van der Waals surface area (Å²) in [5, 5.41) is 7.68. The molecule has 0 bridgehead atoms. The molecule has 9 aromatic rings. The van der Waals surface area contributed by atoms with Gasteiger partial charge in [-0.05, 0) is 154 Å². The van der Waals surface area contributed by atoms with Crippen LogP contribution in [0.5, 0.6) is 0 Å². The third kappa shape index (κ3) is 7.29. The highest BCUT2D eigenvalue weighted by Gasteiger charge is 2.21. The van der Waals surface area contributed by atoms with Gasteiger partial charge in [0.1, 0.15) is 0 Å². The van der Waals surface area contributed by atoms with Crippen LogP contribution in [0.1, 0.15) is 58.1 Å². The second-order valence-corrected chi connectivity index (χ2v) is 16.8. The van der Waals surface area contributed by atoms with Gasteiger partial charge in [-0.25, -0.2) is 0 Å². The van der Waals surface area contributed by atoms with Crippen LogP contribution in [0.15, 0.2) is 182 Å². The van der Waals surface area contributed by atoms with E-state index in [1.165, 1.54) is 118 Å². The third-order valence-corrected chi connectivity index (χ3v) is 11.8. The lowest BCUT2D eigenvalue weighted by molar-refractivity contribution is 0.591. The summed E-state index contributed by atoms with van der Waals surface area (Å²) >= 11 is 0. The zero-order valence-corrected chi connectivity index (χ0v) is 33.6. The molecular formula is C57H50. The Kier molecular flexibility index (Phi) is 9.81. The maximum Gasteiger partial charge on any atom is -0.00260 e. The number of hydrogen-bond acceptors (Lipinski definition) is 0. The Morgan fingerprint density at radius 3 is 1.42 bits per heavy atom. The molecule has 0 spiro atoms. The van der Waals surface area contributed by atoms with Crippen molar-refractivity contribution >= 4 is 32.3 Å². The topological polar surface area (TPSA) is 0 Å². The van der Waals surface area contributed by atoms with Gasteiger partial charge in [0.15, 0.2) is 0 Å². The molecule has 57 heavy (non-hydrogen) atoms. The molecule has 0 N–H and O–H groups in total. The van der Waals surface area contributed by atoms with E-state index >= 15 is 0 Å². The quantitative estimate of drug-likeness (QED) is 0.102. The fourth-order valence-corrected chi connectivity index (χ4v) is 8.65. The molecule has 0 amide bonds. The number of fused-ring (bicyclic) bond motifs is 3. The molecule has 0 aliphatic rings. The summed E-state index contributed by atoms with van der Waals surface area (Å²) < 4.78 is 0. The van der Waals surface area contributed by atoms with E-state index in [4.69, 9.17) is 0 Å². The molecule has 0 unspecified atom stereocenters. The molecule has 0 heteroatoms. The van der Waals surface area contributed by atoms with Gasteiger partial charge in [0.25, 0.3) is 0 Å². The fourth-order valence-electron chi connectivity index (χ4n) is 8.65. The van der Waals surface area contributed by atoms with Crippen LogP contribution < -0.4 is 0 Å². The average Bonchev–Trinajstić information content (AvgIpc) is 3.25. The van der Waals surface area contributed by atoms with Crippen molar-refractivity contribution in [2.75, 3.05) is 0 Å². The summed E-state index contributed by atoms with van der Waals surface area (Å²) in [4.78, 5) is 0. The average molecular weight is 735 g/mol. The van der Waals surface area contributed by atoms with Gasteiger partial charge in [-0.3, -0.25) is 0 Å². The molecule has 0 fully saturated rings. The largest absolute Gasteiger partial charge is 0.0654 e. The normalized spacial score (nSPS) is 11.8. The smallest absolute Gasteiger partial charge is 0.00260 e. The monoisotopic (exact) mass is 734 g/mol. The molecule has 0 atom stereocenters. The Bertz CT molecular complexity index is 2790. The molecular weight excluding hydrogens is 685 g/mol. The van der Waals surface area contributed by atoms with Crippen molar-refractivity contribution < 1.29 is 0 Å². The molecule has 0 saturated heterocycles. The van der Waals surface area contributed by atoms with Crippen molar-refractivity contribution in [1.82, 2.24) is 0 Å². The standard InChI is InChI=1S/C57H50/c1-5-6-9-16-39-23-25-42(26-24-39)55-51-21-14-15-22-52(51)56(54-38-50(57(2,3)4)31-32-53(54)55)46-30-29-43-33-45(28-27-44(43)34-46)49-36-47(40-17-10-7-11-18-40)35-48(37-49)41-19-12-8-13-20-41/h7-8,10-15,17-38H,5-6,9,16H2,1-4H3. The van der Waals surface area contributed by atoms with Gasteiger partial charge < -0.3 is 0 Å². The minimum Gasteiger partial charge on any atom is -0.0654 e. The summed E-state index contributed by atoms with van der Waals surface area (Å²) in [5.74, 6) is 0. The molecule has 9 aromatic carbocycles. The molecule has 9 rings (SSSR count). The first kappa shape index (κ1) is 36.4. The van der Waals surface area contributed by atoms with Gasteiger partial charge in [-0.15, -0.1) is 0 Å². The predicted octanol–water partition coefficient (Wildman–Crippen LogP) is 16.5. The maximum absolute atomic E-state index is 2.47. The van der Waals surface area contributed by atoms with Crippen molar-refractivity contribution in [3.63, 3.8) is 0 Å². The lowest BCUT2D eigenvalue weighted by Crippen LogP contribution is -2.10. The highest BCUT2D eigenvalue weighted by molar-refractivity contribution is 6.22. The molecule has 0 radical (unpaired) electrons. The predicted molar refractivity (Wildman–Crippen MR) is 248 cm³/mol. The second kappa shape index (κ2) is 15.4. The lowest BCUT2D eigenvalue weighted by atomic mass is 9.81. The van der Waals surface area contributed by atoms with Crippen LogP contribution in [0.3, 0.4) is 0 Å². The molecule has 0 aromatic heterocycles. The molecule has 0 saturated carbocycles. The van der Waals surface area contributed by atoms with Crippen LogP contribution >= 0.6 is 0 Å². The number of aryl methyl sites for hydroxylation is 1. The summed E-state index contributed by atoms with van der Waals surface area (Å²) in [6.07, 6.45) is 4.91. The summed E-state index contributed by atoms with van der Waals surface area (Å²) in [5.41, 5.74) is 15.3. The van der Waals surface area contributed by atoms with Gasteiger partial charge >= 0.3 is 0 Å². The zero-order chi connectivity index (χ0) is 38.9. The molecule has 0 aliphatic heterocycles. The van der Waals surface area contributed by atoms with Gasteiger partial charge in [0, 0.05) is 0 Å². The highest BCUT2D eigenvalue weighted by Crippen LogP contribution is 2.45. The first-order valence-corrected chi connectivity index (χ1v) is 20.7. The van der Waals surface area contributed by atoms with Gasteiger partial charge in [0.2, 0.25) is 0 Å². The van der Waals surface area contributed by atoms with Gasteiger partial charge in [0.05, 0.1) is 0 Å². The summed E-state index contributed by atoms with van der Waals surface area (Å²) in [6, 6.07) is 68.1. The van der Waals surface area contributed by atoms with E-state index in [1.54, 1.807) is 0 Å². The number of unbranched alkanes of at least 4 members (excludes halogenated alkanes) is 2. The van der Waals surface area contributed by atoms with Gasteiger partial charge in [-0.2, -0.15) is 0 Å². The van der Waals surface area contributed by atoms with Crippen LogP contribution in [0.4, 0.5) is 0 Å². The number of hydrogen-bond donors (Lipinski definition) is 0. The van der Waals surface area contributed by atoms with Crippen molar-refractivity contribution in [3.8, 4) is 55.6 Å². The van der Waals surface area contributed by atoms with Crippen LogP contribution in [0.2, 0.25) is 0 Å². The van der Waals surface area contributed by atoms with Gasteiger partial charge in [-0.1, -0.05) is 186 Å². The second-order valence-electron chi connectivity index (χ2n) is 16.8. The number of rotatable bonds is 9. The molecule has 0 heterocycles. The Morgan fingerprint density at radius 1 is 0.351 bits per heavy atom. The first-order valence-electron chi connectivity index (χ1n) is 20.7. The summed E-state index contributed by atoms with van der Waals surface area (Å²) in [7, 11) is 0. The van der Waals surface area contributed by atoms with E-state index in [0.717, 1.165) is 6.42 Å². The minimum atomic E-state index is 0.0232. The zero-order valence-electron chi connectivity index (χ0n) is 33.6. The molecule has 0 nitrogen and oxygen atoms in total. The van der Waals surface area contributed by atoms with Crippen molar-refractivity contribution in [1.29, 1.82) is 0 Å².